The first-order chi connectivity index (χ1) is 10.2. The second kappa shape index (κ2) is 8.32. The summed E-state index contributed by atoms with van der Waals surface area (Å²) in [5, 5.41) is 19.0. The highest BCUT2D eigenvalue weighted by Gasteiger charge is 2.00. The molecule has 0 fully saturated rings. The van der Waals surface area contributed by atoms with Crippen LogP contribution in [0.2, 0.25) is 0 Å². The van der Waals surface area contributed by atoms with Gasteiger partial charge in [0.05, 0.1) is 0 Å². The zero-order chi connectivity index (χ0) is 14.9. The van der Waals surface area contributed by atoms with E-state index in [-0.39, 0.29) is 11.8 Å². The molecule has 0 unspecified atom stereocenters. The Bertz CT molecular complexity index is 538. The van der Waals surface area contributed by atoms with Gasteiger partial charge >= 0.3 is 6.03 Å². The van der Waals surface area contributed by atoms with E-state index in [2.05, 4.69) is 22.1 Å². The highest BCUT2D eigenvalue weighted by atomic mass is 32.1. The molecule has 0 aliphatic rings. The van der Waals surface area contributed by atoms with Crippen molar-refractivity contribution >= 4 is 17.4 Å². The predicted molar refractivity (Wildman–Crippen MR) is 85.9 cm³/mol. The normalized spacial score (nSPS) is 10.3. The molecule has 5 heteroatoms. The minimum atomic E-state index is -0.115. The molecule has 3 N–H and O–H groups in total. The molecule has 0 atom stereocenters. The number of aromatic hydroxyl groups is 1. The van der Waals surface area contributed by atoms with Crippen LogP contribution in [0.25, 0.3) is 0 Å². The highest BCUT2D eigenvalue weighted by Crippen LogP contribution is 2.10. The Labute approximate surface area is 128 Å². The van der Waals surface area contributed by atoms with Crippen molar-refractivity contribution in [2.24, 2.45) is 0 Å². The number of rotatable bonds is 7. The number of carbonyl (C=O) groups excluding carboxylic acids is 1. The maximum Gasteiger partial charge on any atom is 0.314 e. The molecule has 1 heterocycles. The lowest BCUT2D eigenvalue weighted by molar-refractivity contribution is 0.241. The van der Waals surface area contributed by atoms with Gasteiger partial charge in [0.15, 0.2) is 0 Å². The molecular weight excluding hydrogens is 284 g/mol. The number of aryl methyl sites for hydroxylation is 1. The highest BCUT2D eigenvalue weighted by molar-refractivity contribution is 7.07. The first kappa shape index (κ1) is 15.4. The average Bonchev–Trinajstić information content (AvgIpc) is 2.99. The van der Waals surface area contributed by atoms with Crippen molar-refractivity contribution in [1.29, 1.82) is 0 Å². The molecule has 0 radical (unpaired) electrons. The minimum Gasteiger partial charge on any atom is -0.508 e. The number of amides is 2. The topological polar surface area (TPSA) is 61.4 Å². The first-order valence-electron chi connectivity index (χ1n) is 7.05. The lowest BCUT2D eigenvalue weighted by atomic mass is 10.1. The van der Waals surface area contributed by atoms with Crippen molar-refractivity contribution < 1.29 is 9.90 Å². The second-order valence-corrected chi connectivity index (χ2v) is 5.61. The molecule has 0 aliphatic carbocycles. The largest absolute Gasteiger partial charge is 0.508 e. The molecule has 112 valence electrons. The van der Waals surface area contributed by atoms with E-state index >= 15 is 0 Å². The molecular formula is C16H20N2O2S. The van der Waals surface area contributed by atoms with Gasteiger partial charge in [-0.05, 0) is 59.3 Å². The van der Waals surface area contributed by atoms with E-state index in [4.69, 9.17) is 0 Å². The Morgan fingerprint density at radius 2 is 1.76 bits per heavy atom. The monoisotopic (exact) mass is 304 g/mol. The van der Waals surface area contributed by atoms with Crippen molar-refractivity contribution in [3.63, 3.8) is 0 Å². The summed E-state index contributed by atoms with van der Waals surface area (Å²) in [6.45, 7) is 1.30. The van der Waals surface area contributed by atoms with Crippen molar-refractivity contribution in [3.05, 3.63) is 52.2 Å². The van der Waals surface area contributed by atoms with Gasteiger partial charge in [0, 0.05) is 13.1 Å². The molecule has 0 saturated heterocycles. The van der Waals surface area contributed by atoms with E-state index in [1.165, 1.54) is 5.56 Å². The summed E-state index contributed by atoms with van der Waals surface area (Å²) in [5.41, 5.74) is 2.42. The van der Waals surface area contributed by atoms with Gasteiger partial charge in [0.1, 0.15) is 5.75 Å². The summed E-state index contributed by atoms with van der Waals surface area (Å²) in [5.74, 6) is 0.280. The Kier molecular flexibility index (Phi) is 6.09. The third-order valence-corrected chi connectivity index (χ3v) is 3.88. The Hall–Kier alpha value is -2.01. The molecule has 0 bridgehead atoms. The number of phenolic OH excluding ortho intramolecular Hbond substituents is 1. The summed E-state index contributed by atoms with van der Waals surface area (Å²) >= 11 is 1.67. The van der Waals surface area contributed by atoms with Gasteiger partial charge in [-0.2, -0.15) is 11.3 Å². The third kappa shape index (κ3) is 5.87. The number of nitrogens with one attached hydrogen (secondary N) is 2. The van der Waals surface area contributed by atoms with Crippen LogP contribution in [0.5, 0.6) is 5.75 Å². The first-order valence-corrected chi connectivity index (χ1v) is 7.99. The van der Waals surface area contributed by atoms with E-state index < -0.39 is 0 Å². The molecule has 0 saturated carbocycles. The van der Waals surface area contributed by atoms with Gasteiger partial charge in [-0.15, -0.1) is 0 Å². The van der Waals surface area contributed by atoms with E-state index in [9.17, 15) is 9.90 Å². The molecule has 2 rings (SSSR count). The van der Waals surface area contributed by atoms with Crippen LogP contribution in [0.4, 0.5) is 4.79 Å². The van der Waals surface area contributed by atoms with Crippen LogP contribution in [0, 0.1) is 0 Å². The lowest BCUT2D eigenvalue weighted by Crippen LogP contribution is -2.37. The van der Waals surface area contributed by atoms with Crippen LogP contribution >= 0.6 is 11.3 Å². The van der Waals surface area contributed by atoms with Gasteiger partial charge in [-0.1, -0.05) is 12.1 Å². The van der Waals surface area contributed by atoms with Crippen molar-refractivity contribution in [1.82, 2.24) is 10.6 Å². The Morgan fingerprint density at radius 1 is 1.00 bits per heavy atom. The van der Waals surface area contributed by atoms with Crippen LogP contribution in [0.3, 0.4) is 0 Å². The Balaban J connectivity index is 1.53. The van der Waals surface area contributed by atoms with Gasteiger partial charge in [-0.3, -0.25) is 0 Å². The van der Waals surface area contributed by atoms with Crippen molar-refractivity contribution in [2.75, 3.05) is 13.1 Å². The van der Waals surface area contributed by atoms with Gasteiger partial charge in [-0.25, -0.2) is 4.79 Å². The maximum atomic E-state index is 11.6. The summed E-state index contributed by atoms with van der Waals surface area (Å²) < 4.78 is 0. The fraction of sp³-hybridized carbons (Fsp3) is 0.312. The molecule has 1 aromatic carbocycles. The molecule has 21 heavy (non-hydrogen) atoms. The number of carbonyl (C=O) groups is 1. The van der Waals surface area contributed by atoms with E-state index in [1.54, 1.807) is 23.5 Å². The lowest BCUT2D eigenvalue weighted by Gasteiger charge is -2.07. The average molecular weight is 304 g/mol. The van der Waals surface area contributed by atoms with Gasteiger partial charge < -0.3 is 15.7 Å². The summed E-state index contributed by atoms with van der Waals surface area (Å²) in [7, 11) is 0. The summed E-state index contributed by atoms with van der Waals surface area (Å²) in [6, 6.07) is 9.12. The van der Waals surface area contributed by atoms with Crippen LogP contribution < -0.4 is 10.6 Å². The van der Waals surface area contributed by atoms with Gasteiger partial charge in [0.2, 0.25) is 0 Å². The third-order valence-electron chi connectivity index (χ3n) is 3.14. The zero-order valence-electron chi connectivity index (χ0n) is 11.8. The predicted octanol–water partition coefficient (Wildman–Crippen LogP) is 2.93. The number of hydrogen-bond acceptors (Lipinski definition) is 3. The maximum absolute atomic E-state index is 11.6. The quantitative estimate of drug-likeness (QED) is 0.689. The van der Waals surface area contributed by atoms with E-state index in [0.29, 0.717) is 13.1 Å². The molecule has 1 aromatic heterocycles. The Morgan fingerprint density at radius 3 is 2.48 bits per heavy atom. The van der Waals surface area contributed by atoms with Crippen molar-refractivity contribution in [3.8, 4) is 5.75 Å². The van der Waals surface area contributed by atoms with Crippen LogP contribution in [0.1, 0.15) is 17.5 Å². The fourth-order valence-electron chi connectivity index (χ4n) is 1.97. The molecule has 4 nitrogen and oxygen atoms in total. The number of urea groups is 1. The second-order valence-electron chi connectivity index (χ2n) is 4.83. The van der Waals surface area contributed by atoms with Crippen molar-refractivity contribution in [2.45, 2.75) is 19.3 Å². The van der Waals surface area contributed by atoms with Crippen LogP contribution in [-0.4, -0.2) is 24.2 Å². The molecule has 0 aliphatic heterocycles. The van der Waals surface area contributed by atoms with Crippen LogP contribution in [-0.2, 0) is 12.8 Å². The summed E-state index contributed by atoms with van der Waals surface area (Å²) in [6.07, 6.45) is 2.63. The minimum absolute atomic E-state index is 0.115. The number of thiophene rings is 1. The van der Waals surface area contributed by atoms with E-state index in [1.807, 2.05) is 17.5 Å². The zero-order valence-corrected chi connectivity index (χ0v) is 12.7. The molecule has 2 aromatic rings. The number of benzene rings is 1. The number of hydrogen-bond donors (Lipinski definition) is 3. The standard InChI is InChI=1S/C16H20N2O2S/c19-15-5-3-13(4-6-15)2-1-9-17-16(20)18-10-7-14-8-11-21-12-14/h3-6,8,11-12,19H,1-2,7,9-10H2,(H2,17,18,20). The smallest absolute Gasteiger partial charge is 0.314 e. The number of phenols is 1. The fourth-order valence-corrected chi connectivity index (χ4v) is 2.68. The van der Waals surface area contributed by atoms with Crippen LogP contribution in [0.15, 0.2) is 41.1 Å². The van der Waals surface area contributed by atoms with Gasteiger partial charge in [0.25, 0.3) is 0 Å². The summed E-state index contributed by atoms with van der Waals surface area (Å²) in [4.78, 5) is 11.6. The molecule has 0 spiro atoms. The SMILES string of the molecule is O=C(NCCCc1ccc(O)cc1)NCCc1ccsc1. The molecule has 2 amide bonds. The van der Waals surface area contributed by atoms with E-state index in [0.717, 1.165) is 24.8 Å².